The molecule has 4 rings (SSSR count). The average Bonchev–Trinajstić information content (AvgIpc) is 3.31. The Morgan fingerprint density at radius 1 is 0.969 bits per heavy atom. The maximum atomic E-state index is 11.2. The molecule has 1 aliphatic rings. The van der Waals surface area contributed by atoms with E-state index in [0.29, 0.717) is 0 Å². The summed E-state index contributed by atoms with van der Waals surface area (Å²) in [5.74, 6) is 1.45. The summed E-state index contributed by atoms with van der Waals surface area (Å²) in [7, 11) is 1.67. The fourth-order valence-corrected chi connectivity index (χ4v) is 3.90. The lowest BCUT2D eigenvalue weighted by Gasteiger charge is -2.17. The molecule has 1 aromatic heterocycles. The molecule has 0 atom stereocenters. The van der Waals surface area contributed by atoms with Gasteiger partial charge in [-0.25, -0.2) is 0 Å². The maximum absolute atomic E-state index is 11.2. The van der Waals surface area contributed by atoms with Gasteiger partial charge < -0.3 is 14.8 Å². The summed E-state index contributed by atoms with van der Waals surface area (Å²) in [4.78, 5) is 15.7. The van der Waals surface area contributed by atoms with E-state index in [1.54, 1.807) is 7.11 Å². The highest BCUT2D eigenvalue weighted by molar-refractivity contribution is 5.88. The van der Waals surface area contributed by atoms with Crippen LogP contribution in [-0.2, 0) is 4.79 Å². The normalized spacial score (nSPS) is 13.9. The third kappa shape index (κ3) is 5.55. The Labute approximate surface area is 189 Å². The predicted octanol–water partition coefficient (Wildman–Crippen LogP) is 6.21. The Morgan fingerprint density at radius 2 is 1.72 bits per heavy atom. The highest BCUT2D eigenvalue weighted by Gasteiger charge is 2.19. The predicted molar refractivity (Wildman–Crippen MR) is 129 cm³/mol. The molecule has 0 spiro atoms. The van der Waals surface area contributed by atoms with E-state index < -0.39 is 0 Å². The molecule has 0 unspecified atom stereocenters. The lowest BCUT2D eigenvalue weighted by atomic mass is 10.1. The SMILES string of the molecule is COc1ccc(-c2cc(/C=C/c3ccc(NC(C)=O)cc3)ccn2)cc1OC1CCCC1. The number of anilines is 1. The van der Waals surface area contributed by atoms with E-state index in [-0.39, 0.29) is 12.0 Å². The van der Waals surface area contributed by atoms with Crippen LogP contribution < -0.4 is 14.8 Å². The molecule has 5 heteroatoms. The first-order valence-corrected chi connectivity index (χ1v) is 11.0. The topological polar surface area (TPSA) is 60.5 Å². The number of benzene rings is 2. The zero-order valence-corrected chi connectivity index (χ0v) is 18.5. The number of nitrogens with one attached hydrogen (secondary N) is 1. The number of carbonyl (C=O) groups excluding carboxylic acids is 1. The zero-order chi connectivity index (χ0) is 22.3. The molecule has 1 fully saturated rings. The van der Waals surface area contributed by atoms with E-state index in [0.717, 1.165) is 52.4 Å². The first-order valence-electron chi connectivity index (χ1n) is 11.0. The first kappa shape index (κ1) is 21.6. The van der Waals surface area contributed by atoms with Crippen molar-refractivity contribution in [3.63, 3.8) is 0 Å². The summed E-state index contributed by atoms with van der Waals surface area (Å²) in [6.07, 6.45) is 10.8. The Kier molecular flexibility index (Phi) is 6.85. The van der Waals surface area contributed by atoms with Crippen LogP contribution >= 0.6 is 0 Å². The van der Waals surface area contributed by atoms with Gasteiger partial charge in [-0.15, -0.1) is 0 Å². The molecule has 5 nitrogen and oxygen atoms in total. The highest BCUT2D eigenvalue weighted by atomic mass is 16.5. The van der Waals surface area contributed by atoms with Crippen molar-refractivity contribution in [3.8, 4) is 22.8 Å². The smallest absolute Gasteiger partial charge is 0.221 e. The molecule has 2 aromatic carbocycles. The fourth-order valence-electron chi connectivity index (χ4n) is 3.90. The zero-order valence-electron chi connectivity index (χ0n) is 18.5. The summed E-state index contributed by atoms with van der Waals surface area (Å²) in [5.41, 5.74) is 4.76. The standard InChI is InChI=1S/C27H28N2O3/c1-19(30)29-23-12-9-20(10-13-23)7-8-21-15-16-28-25(17-21)22-11-14-26(31-2)27(18-22)32-24-5-3-4-6-24/h7-18,24H,3-6H2,1-2H3,(H,29,30)/b8-7+. The monoisotopic (exact) mass is 428 g/mol. The van der Waals surface area contributed by atoms with Gasteiger partial charge in [0.15, 0.2) is 11.5 Å². The molecule has 0 radical (unpaired) electrons. The van der Waals surface area contributed by atoms with E-state index in [4.69, 9.17) is 9.47 Å². The number of ether oxygens (including phenoxy) is 2. The van der Waals surface area contributed by atoms with Gasteiger partial charge >= 0.3 is 0 Å². The number of methoxy groups -OCH3 is 1. The van der Waals surface area contributed by atoms with Crippen LogP contribution in [-0.4, -0.2) is 24.1 Å². The summed E-state index contributed by atoms with van der Waals surface area (Å²) in [6, 6.07) is 17.7. The number of carbonyl (C=O) groups is 1. The first-order chi connectivity index (χ1) is 15.6. The number of hydrogen-bond donors (Lipinski definition) is 1. The highest BCUT2D eigenvalue weighted by Crippen LogP contribution is 2.35. The van der Waals surface area contributed by atoms with Gasteiger partial charge in [-0.3, -0.25) is 9.78 Å². The molecule has 32 heavy (non-hydrogen) atoms. The van der Waals surface area contributed by atoms with E-state index in [1.165, 1.54) is 19.8 Å². The molecular formula is C27H28N2O3. The Balaban J connectivity index is 1.52. The van der Waals surface area contributed by atoms with Crippen molar-refractivity contribution in [2.24, 2.45) is 0 Å². The average molecular weight is 429 g/mol. The van der Waals surface area contributed by atoms with Crippen LogP contribution in [0.4, 0.5) is 5.69 Å². The van der Waals surface area contributed by atoms with Gasteiger partial charge in [-0.2, -0.15) is 0 Å². The van der Waals surface area contributed by atoms with Crippen molar-refractivity contribution < 1.29 is 14.3 Å². The van der Waals surface area contributed by atoms with Crippen molar-refractivity contribution in [1.82, 2.24) is 4.98 Å². The second kappa shape index (κ2) is 10.1. The summed E-state index contributed by atoms with van der Waals surface area (Å²) in [6.45, 7) is 1.50. The lowest BCUT2D eigenvalue weighted by molar-refractivity contribution is -0.114. The Bertz CT molecular complexity index is 1100. The van der Waals surface area contributed by atoms with E-state index in [2.05, 4.69) is 22.4 Å². The van der Waals surface area contributed by atoms with Crippen LogP contribution in [0.3, 0.4) is 0 Å². The molecule has 3 aromatic rings. The van der Waals surface area contributed by atoms with Gasteiger partial charge in [0, 0.05) is 24.4 Å². The number of aromatic nitrogens is 1. The molecule has 0 saturated heterocycles. The van der Waals surface area contributed by atoms with Crippen LogP contribution in [0.25, 0.3) is 23.4 Å². The van der Waals surface area contributed by atoms with Crippen LogP contribution in [0.15, 0.2) is 60.8 Å². The number of amides is 1. The molecule has 1 amide bonds. The minimum absolute atomic E-state index is 0.0760. The molecular weight excluding hydrogens is 400 g/mol. The van der Waals surface area contributed by atoms with Crippen molar-refractivity contribution in [2.75, 3.05) is 12.4 Å². The van der Waals surface area contributed by atoms with Crippen molar-refractivity contribution in [2.45, 2.75) is 38.7 Å². The fraction of sp³-hybridized carbons (Fsp3) is 0.259. The summed E-state index contributed by atoms with van der Waals surface area (Å²) >= 11 is 0. The second-order valence-corrected chi connectivity index (χ2v) is 8.00. The molecule has 1 aliphatic carbocycles. The van der Waals surface area contributed by atoms with Gasteiger partial charge in [0.05, 0.1) is 18.9 Å². The Morgan fingerprint density at radius 3 is 2.44 bits per heavy atom. The minimum atomic E-state index is -0.0760. The second-order valence-electron chi connectivity index (χ2n) is 8.00. The van der Waals surface area contributed by atoms with Crippen LogP contribution in [0, 0.1) is 0 Å². The van der Waals surface area contributed by atoms with Crippen molar-refractivity contribution in [3.05, 3.63) is 71.9 Å². The van der Waals surface area contributed by atoms with Gasteiger partial charge in [0.1, 0.15) is 0 Å². The van der Waals surface area contributed by atoms with Crippen molar-refractivity contribution in [1.29, 1.82) is 0 Å². The van der Waals surface area contributed by atoms with E-state index >= 15 is 0 Å². The van der Waals surface area contributed by atoms with Gasteiger partial charge in [0.25, 0.3) is 0 Å². The van der Waals surface area contributed by atoms with Crippen LogP contribution in [0.1, 0.15) is 43.7 Å². The minimum Gasteiger partial charge on any atom is -0.493 e. The third-order valence-electron chi connectivity index (χ3n) is 5.54. The van der Waals surface area contributed by atoms with Gasteiger partial charge in [-0.05, 0) is 79.3 Å². The summed E-state index contributed by atoms with van der Waals surface area (Å²) in [5, 5.41) is 2.78. The number of hydrogen-bond acceptors (Lipinski definition) is 4. The van der Waals surface area contributed by atoms with Gasteiger partial charge in [0.2, 0.25) is 5.91 Å². The lowest BCUT2D eigenvalue weighted by Crippen LogP contribution is -2.11. The molecule has 1 saturated carbocycles. The van der Waals surface area contributed by atoms with Gasteiger partial charge in [-0.1, -0.05) is 24.3 Å². The largest absolute Gasteiger partial charge is 0.493 e. The molecule has 164 valence electrons. The van der Waals surface area contributed by atoms with Crippen LogP contribution in [0.5, 0.6) is 11.5 Å². The van der Waals surface area contributed by atoms with Crippen LogP contribution in [0.2, 0.25) is 0 Å². The van der Waals surface area contributed by atoms with E-state index in [9.17, 15) is 4.79 Å². The third-order valence-corrected chi connectivity index (χ3v) is 5.54. The molecule has 1 heterocycles. The quantitative estimate of drug-likeness (QED) is 0.486. The molecule has 0 aliphatic heterocycles. The maximum Gasteiger partial charge on any atom is 0.221 e. The Hall–Kier alpha value is -3.60. The number of nitrogens with zero attached hydrogens (tertiary/aromatic N) is 1. The summed E-state index contributed by atoms with van der Waals surface area (Å²) < 4.78 is 11.7. The number of rotatable bonds is 7. The van der Waals surface area contributed by atoms with Crippen molar-refractivity contribution >= 4 is 23.7 Å². The van der Waals surface area contributed by atoms with E-state index in [1.807, 2.05) is 60.8 Å². The number of pyridine rings is 1. The molecule has 0 bridgehead atoms. The molecule has 1 N–H and O–H groups in total.